The fraction of sp³-hybridized carbons (Fsp3) is 0.667. The van der Waals surface area contributed by atoms with Crippen molar-refractivity contribution in [1.82, 2.24) is 10.3 Å². The molecule has 1 fully saturated rings. The molecule has 0 spiro atoms. The number of hydrogen-bond acceptors (Lipinski definition) is 3. The van der Waals surface area contributed by atoms with E-state index in [1.165, 1.54) is 31.4 Å². The summed E-state index contributed by atoms with van der Waals surface area (Å²) < 4.78 is 0. The van der Waals surface area contributed by atoms with Crippen LogP contribution in [-0.2, 0) is 0 Å². The Morgan fingerprint density at radius 2 is 2.33 bits per heavy atom. The first-order chi connectivity index (χ1) is 8.79. The first-order valence-electron chi connectivity index (χ1n) is 7.18. The van der Waals surface area contributed by atoms with E-state index in [-0.39, 0.29) is 0 Å². The molecule has 0 amide bonds. The van der Waals surface area contributed by atoms with Crippen molar-refractivity contribution in [3.8, 4) is 0 Å². The van der Waals surface area contributed by atoms with E-state index in [0.29, 0.717) is 0 Å². The number of pyridine rings is 1. The van der Waals surface area contributed by atoms with E-state index in [0.717, 1.165) is 31.4 Å². The molecule has 1 atom stereocenters. The third kappa shape index (κ3) is 3.70. The zero-order chi connectivity index (χ0) is 12.8. The van der Waals surface area contributed by atoms with Gasteiger partial charge in [0, 0.05) is 19.3 Å². The van der Waals surface area contributed by atoms with E-state index in [1.807, 2.05) is 6.20 Å². The van der Waals surface area contributed by atoms with Crippen LogP contribution in [-0.4, -0.2) is 31.2 Å². The van der Waals surface area contributed by atoms with Crippen molar-refractivity contribution in [2.75, 3.05) is 31.1 Å². The molecule has 0 bridgehead atoms. The Balaban J connectivity index is 2.00. The lowest BCUT2D eigenvalue weighted by atomic mass is 9.99. The van der Waals surface area contributed by atoms with Crippen molar-refractivity contribution in [3.63, 3.8) is 0 Å². The quantitative estimate of drug-likeness (QED) is 0.867. The molecule has 2 heterocycles. The molecule has 0 aromatic carbocycles. The van der Waals surface area contributed by atoms with Gasteiger partial charge < -0.3 is 10.2 Å². The second-order valence-corrected chi connectivity index (χ2v) is 5.35. The summed E-state index contributed by atoms with van der Waals surface area (Å²) in [5.41, 5.74) is 1.23. The monoisotopic (exact) mass is 247 g/mol. The van der Waals surface area contributed by atoms with Crippen molar-refractivity contribution in [2.45, 2.75) is 33.1 Å². The average Bonchev–Trinajstić information content (AvgIpc) is 2.40. The summed E-state index contributed by atoms with van der Waals surface area (Å²) in [4.78, 5) is 7.01. The molecule has 0 saturated carbocycles. The second kappa shape index (κ2) is 6.74. The summed E-state index contributed by atoms with van der Waals surface area (Å²) >= 11 is 0. The van der Waals surface area contributed by atoms with Crippen molar-refractivity contribution < 1.29 is 0 Å². The highest BCUT2D eigenvalue weighted by Gasteiger charge is 2.17. The molecule has 100 valence electrons. The number of nitrogens with one attached hydrogen (secondary N) is 1. The maximum Gasteiger partial charge on any atom is 0.128 e. The number of aryl methyl sites for hydroxylation is 1. The number of hydrogen-bond donors (Lipinski definition) is 1. The Morgan fingerprint density at radius 1 is 1.44 bits per heavy atom. The van der Waals surface area contributed by atoms with Gasteiger partial charge in [-0.15, -0.1) is 0 Å². The summed E-state index contributed by atoms with van der Waals surface area (Å²) in [6, 6.07) is 4.31. The molecule has 0 radical (unpaired) electrons. The van der Waals surface area contributed by atoms with Gasteiger partial charge in [0.05, 0.1) is 0 Å². The summed E-state index contributed by atoms with van der Waals surface area (Å²) in [7, 11) is 0. The Morgan fingerprint density at radius 3 is 2.94 bits per heavy atom. The summed E-state index contributed by atoms with van der Waals surface area (Å²) in [5.74, 6) is 1.90. The highest BCUT2D eigenvalue weighted by Crippen LogP contribution is 2.17. The van der Waals surface area contributed by atoms with E-state index in [1.54, 1.807) is 0 Å². The number of piperidine rings is 1. The van der Waals surface area contributed by atoms with Crippen molar-refractivity contribution >= 4 is 5.82 Å². The van der Waals surface area contributed by atoms with Crippen LogP contribution >= 0.6 is 0 Å². The maximum absolute atomic E-state index is 4.57. The molecule has 1 unspecified atom stereocenters. The minimum absolute atomic E-state index is 0.772. The van der Waals surface area contributed by atoms with E-state index < -0.39 is 0 Å². The SMILES string of the molecule is CCCN(CC1CCCNC1)c1ccc(C)cn1. The van der Waals surface area contributed by atoms with Crippen LogP contribution in [0.1, 0.15) is 31.7 Å². The minimum atomic E-state index is 0.772. The molecule has 3 heteroatoms. The summed E-state index contributed by atoms with van der Waals surface area (Å²) in [5, 5.41) is 3.50. The van der Waals surface area contributed by atoms with Gasteiger partial charge in [-0.2, -0.15) is 0 Å². The van der Waals surface area contributed by atoms with Crippen LogP contribution < -0.4 is 10.2 Å². The third-order valence-corrected chi connectivity index (χ3v) is 3.59. The normalized spacial score (nSPS) is 19.8. The van der Waals surface area contributed by atoms with E-state index in [4.69, 9.17) is 0 Å². The first-order valence-corrected chi connectivity index (χ1v) is 7.18. The zero-order valence-corrected chi connectivity index (χ0v) is 11.7. The second-order valence-electron chi connectivity index (χ2n) is 5.35. The van der Waals surface area contributed by atoms with Gasteiger partial charge in [-0.25, -0.2) is 4.98 Å². The van der Waals surface area contributed by atoms with Gasteiger partial charge in [0.2, 0.25) is 0 Å². The molecular formula is C15H25N3. The lowest BCUT2D eigenvalue weighted by Gasteiger charge is -2.30. The Kier molecular flexibility index (Phi) is 5.00. The molecule has 3 nitrogen and oxygen atoms in total. The van der Waals surface area contributed by atoms with Crippen LogP contribution in [0, 0.1) is 12.8 Å². The third-order valence-electron chi connectivity index (χ3n) is 3.59. The molecule has 2 rings (SSSR count). The number of rotatable bonds is 5. The number of anilines is 1. The number of nitrogens with zero attached hydrogens (tertiary/aromatic N) is 2. The van der Waals surface area contributed by atoms with Gasteiger partial charge in [-0.1, -0.05) is 13.0 Å². The van der Waals surface area contributed by atoms with Gasteiger partial charge in [0.25, 0.3) is 0 Å². The van der Waals surface area contributed by atoms with Crippen molar-refractivity contribution in [1.29, 1.82) is 0 Å². The highest BCUT2D eigenvalue weighted by atomic mass is 15.2. The van der Waals surface area contributed by atoms with Crippen LogP contribution in [0.25, 0.3) is 0 Å². The van der Waals surface area contributed by atoms with Crippen LogP contribution in [0.5, 0.6) is 0 Å². The Hall–Kier alpha value is -1.09. The van der Waals surface area contributed by atoms with Gasteiger partial charge >= 0.3 is 0 Å². The van der Waals surface area contributed by atoms with E-state index in [9.17, 15) is 0 Å². The van der Waals surface area contributed by atoms with Crippen LogP contribution in [0.2, 0.25) is 0 Å². The molecule has 1 saturated heterocycles. The fourth-order valence-corrected chi connectivity index (χ4v) is 2.61. The predicted molar refractivity (Wildman–Crippen MR) is 77.1 cm³/mol. The zero-order valence-electron chi connectivity index (χ0n) is 11.7. The Labute approximate surface area is 111 Å². The lowest BCUT2D eigenvalue weighted by molar-refractivity contribution is 0.376. The average molecular weight is 247 g/mol. The fourth-order valence-electron chi connectivity index (χ4n) is 2.61. The topological polar surface area (TPSA) is 28.2 Å². The first kappa shape index (κ1) is 13.3. The summed E-state index contributed by atoms with van der Waals surface area (Å²) in [6.45, 7) is 8.91. The van der Waals surface area contributed by atoms with Crippen LogP contribution in [0.3, 0.4) is 0 Å². The van der Waals surface area contributed by atoms with Gasteiger partial charge in [-0.05, 0) is 56.8 Å². The lowest BCUT2D eigenvalue weighted by Crippen LogP contribution is -2.39. The van der Waals surface area contributed by atoms with Crippen molar-refractivity contribution in [3.05, 3.63) is 23.9 Å². The molecule has 0 aliphatic carbocycles. The molecule has 18 heavy (non-hydrogen) atoms. The van der Waals surface area contributed by atoms with Crippen molar-refractivity contribution in [2.24, 2.45) is 5.92 Å². The van der Waals surface area contributed by atoms with Crippen LogP contribution in [0.4, 0.5) is 5.82 Å². The molecule has 1 aliphatic rings. The molecule has 1 aromatic heterocycles. The standard InChI is InChI=1S/C15H25N3/c1-3-9-18(12-14-5-4-8-16-11-14)15-7-6-13(2)10-17-15/h6-7,10,14,16H,3-5,8-9,11-12H2,1-2H3. The smallest absolute Gasteiger partial charge is 0.128 e. The van der Waals surface area contributed by atoms with Gasteiger partial charge in [-0.3, -0.25) is 0 Å². The molecular weight excluding hydrogens is 222 g/mol. The van der Waals surface area contributed by atoms with Gasteiger partial charge in [0.1, 0.15) is 5.82 Å². The Bertz CT molecular complexity index is 341. The maximum atomic E-state index is 4.57. The van der Waals surface area contributed by atoms with E-state index >= 15 is 0 Å². The molecule has 1 N–H and O–H groups in total. The largest absolute Gasteiger partial charge is 0.356 e. The highest BCUT2D eigenvalue weighted by molar-refractivity contribution is 5.39. The summed E-state index contributed by atoms with van der Waals surface area (Å²) in [6.07, 6.45) is 5.80. The van der Waals surface area contributed by atoms with Gasteiger partial charge in [0.15, 0.2) is 0 Å². The minimum Gasteiger partial charge on any atom is -0.356 e. The molecule has 1 aromatic rings. The predicted octanol–water partition coefficient (Wildman–Crippen LogP) is 2.61. The number of aromatic nitrogens is 1. The van der Waals surface area contributed by atoms with E-state index in [2.05, 4.69) is 41.2 Å². The molecule has 1 aliphatic heterocycles. The van der Waals surface area contributed by atoms with Crippen LogP contribution in [0.15, 0.2) is 18.3 Å².